The van der Waals surface area contributed by atoms with Gasteiger partial charge in [0.05, 0.1) is 12.1 Å². The number of hydrogen-bond donors (Lipinski definition) is 2. The lowest BCUT2D eigenvalue weighted by atomic mass is 10.0. The molecule has 0 aliphatic carbocycles. The molecule has 0 bridgehead atoms. The minimum Gasteiger partial charge on any atom is -0.406 e. The molecule has 0 spiro atoms. The summed E-state index contributed by atoms with van der Waals surface area (Å²) in [4.78, 5) is 0. The van der Waals surface area contributed by atoms with E-state index in [0.29, 0.717) is 5.56 Å². The lowest BCUT2D eigenvalue weighted by molar-refractivity contribution is -0.274. The van der Waals surface area contributed by atoms with Crippen LogP contribution < -0.4 is 10.5 Å². The molecular weight excluding hydrogens is 259 g/mol. The molecule has 1 aromatic rings. The van der Waals surface area contributed by atoms with Gasteiger partial charge in [0.25, 0.3) is 0 Å². The Hall–Kier alpha value is -0.980. The van der Waals surface area contributed by atoms with E-state index in [4.69, 9.17) is 5.73 Å². The first kappa shape index (κ1) is 16.0. The Labute approximate surface area is 103 Å². The molecule has 1 aromatic carbocycles. The van der Waals surface area contributed by atoms with Gasteiger partial charge in [-0.2, -0.15) is 0 Å². The van der Waals surface area contributed by atoms with Crippen molar-refractivity contribution in [2.24, 2.45) is 5.73 Å². The zero-order valence-electron chi connectivity index (χ0n) is 8.94. The largest absolute Gasteiger partial charge is 0.573 e. The monoisotopic (exact) mass is 271 g/mol. The van der Waals surface area contributed by atoms with E-state index in [1.807, 2.05) is 0 Å². The summed E-state index contributed by atoms with van der Waals surface area (Å²) in [5.41, 5.74) is 6.15. The van der Waals surface area contributed by atoms with Crippen molar-refractivity contribution in [2.45, 2.75) is 25.4 Å². The van der Waals surface area contributed by atoms with E-state index in [1.165, 1.54) is 19.1 Å². The maximum Gasteiger partial charge on any atom is 0.573 e. The molecule has 0 aliphatic heterocycles. The zero-order chi connectivity index (χ0) is 12.3. The van der Waals surface area contributed by atoms with Gasteiger partial charge in [0.1, 0.15) is 5.75 Å². The maximum atomic E-state index is 11.8. The first-order valence-electron chi connectivity index (χ1n) is 4.59. The van der Waals surface area contributed by atoms with E-state index < -0.39 is 18.5 Å². The van der Waals surface area contributed by atoms with Gasteiger partial charge in [-0.25, -0.2) is 0 Å². The van der Waals surface area contributed by atoms with Crippen LogP contribution in [-0.4, -0.2) is 17.6 Å². The lowest BCUT2D eigenvalue weighted by Crippen LogP contribution is -2.23. The Morgan fingerprint density at radius 2 is 1.71 bits per heavy atom. The molecule has 3 N–H and O–H groups in total. The third-order valence-electron chi connectivity index (χ3n) is 2.02. The Morgan fingerprint density at radius 3 is 2.06 bits per heavy atom. The van der Waals surface area contributed by atoms with Crippen molar-refractivity contribution < 1.29 is 23.0 Å². The number of hydrogen-bond acceptors (Lipinski definition) is 3. The van der Waals surface area contributed by atoms with Gasteiger partial charge in [0, 0.05) is 0 Å². The Balaban J connectivity index is 0.00000256. The number of nitrogens with two attached hydrogens (primary N) is 1. The van der Waals surface area contributed by atoms with E-state index in [9.17, 15) is 18.3 Å². The van der Waals surface area contributed by atoms with Gasteiger partial charge in [0.15, 0.2) is 0 Å². The van der Waals surface area contributed by atoms with Crippen molar-refractivity contribution in [3.63, 3.8) is 0 Å². The maximum absolute atomic E-state index is 11.8. The van der Waals surface area contributed by atoms with Gasteiger partial charge in [-0.05, 0) is 24.6 Å². The van der Waals surface area contributed by atoms with E-state index >= 15 is 0 Å². The van der Waals surface area contributed by atoms with Gasteiger partial charge < -0.3 is 15.6 Å². The molecular formula is C10H13ClF3NO2. The highest BCUT2D eigenvalue weighted by Gasteiger charge is 2.31. The molecule has 98 valence electrons. The van der Waals surface area contributed by atoms with Crippen LogP contribution >= 0.6 is 12.4 Å². The topological polar surface area (TPSA) is 55.5 Å². The number of aliphatic hydroxyl groups is 1. The number of aliphatic hydroxyl groups excluding tert-OH is 1. The average molecular weight is 272 g/mol. The van der Waals surface area contributed by atoms with Crippen molar-refractivity contribution >= 4 is 12.4 Å². The van der Waals surface area contributed by atoms with Crippen LogP contribution in [0.3, 0.4) is 0 Å². The summed E-state index contributed by atoms with van der Waals surface area (Å²) in [5.74, 6) is -0.311. The number of ether oxygens (including phenoxy) is 1. The van der Waals surface area contributed by atoms with Crippen molar-refractivity contribution in [3.8, 4) is 5.75 Å². The highest BCUT2D eigenvalue weighted by molar-refractivity contribution is 5.85. The second-order valence-electron chi connectivity index (χ2n) is 3.38. The number of alkyl halides is 3. The van der Waals surface area contributed by atoms with Crippen LogP contribution in [0.4, 0.5) is 13.2 Å². The van der Waals surface area contributed by atoms with Crippen LogP contribution in [0.2, 0.25) is 0 Å². The molecule has 0 heterocycles. The van der Waals surface area contributed by atoms with Gasteiger partial charge >= 0.3 is 6.36 Å². The summed E-state index contributed by atoms with van der Waals surface area (Å²) in [6.45, 7) is 1.50. The van der Waals surface area contributed by atoms with Crippen LogP contribution in [-0.2, 0) is 0 Å². The van der Waals surface area contributed by atoms with E-state index in [-0.39, 0.29) is 18.2 Å². The van der Waals surface area contributed by atoms with Gasteiger partial charge in [0.2, 0.25) is 0 Å². The Morgan fingerprint density at radius 1 is 1.24 bits per heavy atom. The normalized spacial score (nSPS) is 14.7. The third-order valence-corrected chi connectivity index (χ3v) is 2.02. The molecule has 0 radical (unpaired) electrons. The highest BCUT2D eigenvalue weighted by Crippen LogP contribution is 2.24. The molecule has 0 saturated carbocycles. The van der Waals surface area contributed by atoms with Crippen molar-refractivity contribution in [2.75, 3.05) is 0 Å². The van der Waals surface area contributed by atoms with Gasteiger partial charge in [-0.1, -0.05) is 12.1 Å². The molecule has 17 heavy (non-hydrogen) atoms. The zero-order valence-corrected chi connectivity index (χ0v) is 9.76. The number of benzene rings is 1. The minimum atomic E-state index is -4.70. The molecule has 2 atom stereocenters. The Kier molecular flexibility index (Phi) is 5.74. The first-order valence-corrected chi connectivity index (χ1v) is 4.59. The first-order chi connectivity index (χ1) is 7.29. The molecule has 0 fully saturated rings. The van der Waals surface area contributed by atoms with Gasteiger partial charge in [-0.3, -0.25) is 0 Å². The standard InChI is InChI=1S/C10H12F3NO2.ClH/c1-6(15)9(14)7-2-4-8(5-3-7)16-10(11,12)13;/h2-6,9,15H,14H2,1H3;1H/t6-,9-;/m0./s1. The fraction of sp³-hybridized carbons (Fsp3) is 0.400. The van der Waals surface area contributed by atoms with E-state index in [1.54, 1.807) is 0 Å². The number of halogens is 4. The number of rotatable bonds is 3. The fourth-order valence-electron chi connectivity index (χ4n) is 1.17. The highest BCUT2D eigenvalue weighted by atomic mass is 35.5. The second kappa shape index (κ2) is 6.09. The minimum absolute atomic E-state index is 0. The predicted octanol–water partition coefficient (Wildman–Crippen LogP) is 2.39. The Bertz CT molecular complexity index is 340. The van der Waals surface area contributed by atoms with Crippen molar-refractivity contribution in [1.82, 2.24) is 0 Å². The molecule has 0 saturated heterocycles. The summed E-state index contributed by atoms with van der Waals surface area (Å²) >= 11 is 0. The van der Waals surface area contributed by atoms with Crippen molar-refractivity contribution in [1.29, 1.82) is 0 Å². The SMILES string of the molecule is C[C@H](O)[C@H](N)c1ccc(OC(F)(F)F)cc1.Cl. The lowest BCUT2D eigenvalue weighted by Gasteiger charge is -2.15. The summed E-state index contributed by atoms with van der Waals surface area (Å²) in [7, 11) is 0. The van der Waals surface area contributed by atoms with Crippen LogP contribution in [0, 0.1) is 0 Å². The molecule has 0 amide bonds. The van der Waals surface area contributed by atoms with E-state index in [2.05, 4.69) is 4.74 Å². The molecule has 0 aliphatic rings. The van der Waals surface area contributed by atoms with Gasteiger partial charge in [-0.15, -0.1) is 25.6 Å². The van der Waals surface area contributed by atoms with Crippen LogP contribution in [0.25, 0.3) is 0 Å². The fourth-order valence-corrected chi connectivity index (χ4v) is 1.17. The summed E-state index contributed by atoms with van der Waals surface area (Å²) < 4.78 is 39.2. The molecule has 7 heteroatoms. The molecule has 3 nitrogen and oxygen atoms in total. The summed E-state index contributed by atoms with van der Waals surface area (Å²) in [6, 6.07) is 4.47. The molecule has 1 rings (SSSR count). The predicted molar refractivity (Wildman–Crippen MR) is 59.0 cm³/mol. The summed E-state index contributed by atoms with van der Waals surface area (Å²) in [5, 5.41) is 9.19. The second-order valence-corrected chi connectivity index (χ2v) is 3.38. The van der Waals surface area contributed by atoms with Crippen LogP contribution in [0.5, 0.6) is 5.75 Å². The van der Waals surface area contributed by atoms with E-state index in [0.717, 1.165) is 12.1 Å². The molecule has 0 unspecified atom stereocenters. The third kappa shape index (κ3) is 5.25. The molecule has 0 aromatic heterocycles. The summed E-state index contributed by atoms with van der Waals surface area (Å²) in [6.07, 6.45) is -5.47. The quantitative estimate of drug-likeness (QED) is 0.887. The van der Waals surface area contributed by atoms with Crippen LogP contribution in [0.1, 0.15) is 18.5 Å². The smallest absolute Gasteiger partial charge is 0.406 e. The van der Waals surface area contributed by atoms with Crippen LogP contribution in [0.15, 0.2) is 24.3 Å². The average Bonchev–Trinajstić information content (AvgIpc) is 2.15. The van der Waals surface area contributed by atoms with Crippen molar-refractivity contribution in [3.05, 3.63) is 29.8 Å².